The van der Waals surface area contributed by atoms with Gasteiger partial charge in [-0.25, -0.2) is 4.98 Å². The highest BCUT2D eigenvalue weighted by molar-refractivity contribution is 5.90. The van der Waals surface area contributed by atoms with Crippen molar-refractivity contribution in [2.45, 2.75) is 20.8 Å². The van der Waals surface area contributed by atoms with Gasteiger partial charge in [0.05, 0.1) is 18.0 Å². The Labute approximate surface area is 145 Å². The number of benzene rings is 1. The van der Waals surface area contributed by atoms with Crippen LogP contribution in [0, 0.1) is 20.8 Å². The highest BCUT2D eigenvalue weighted by Crippen LogP contribution is 2.30. The maximum Gasteiger partial charge on any atom is 0.231 e. The molecule has 0 spiro atoms. The lowest BCUT2D eigenvalue weighted by Gasteiger charge is -2.09. The molecule has 0 fully saturated rings. The minimum Gasteiger partial charge on any atom is -0.497 e. The molecule has 5 nitrogen and oxygen atoms in total. The molecule has 0 aliphatic rings. The van der Waals surface area contributed by atoms with E-state index in [0.717, 1.165) is 39.2 Å². The van der Waals surface area contributed by atoms with E-state index in [4.69, 9.17) is 9.15 Å². The zero-order chi connectivity index (χ0) is 16.1. The summed E-state index contributed by atoms with van der Waals surface area (Å²) in [6, 6.07) is 8.12. The Kier molecular flexibility index (Phi) is 3.97. The van der Waals surface area contributed by atoms with Crippen molar-refractivity contribution in [2.75, 3.05) is 7.11 Å². The predicted octanol–water partition coefficient (Wildman–Crippen LogP) is 4.52. The number of nitrogens with zero attached hydrogens (tertiary/aromatic N) is 3. The smallest absolute Gasteiger partial charge is 0.231 e. The fourth-order valence-electron chi connectivity index (χ4n) is 3.07. The van der Waals surface area contributed by atoms with Crippen LogP contribution in [-0.4, -0.2) is 21.6 Å². The average molecular weight is 344 g/mol. The van der Waals surface area contributed by atoms with Gasteiger partial charge >= 0.3 is 0 Å². The second-order valence-electron chi connectivity index (χ2n) is 5.74. The molecular formula is C18H18ClN3O2. The minimum atomic E-state index is 0. The molecule has 3 aromatic heterocycles. The van der Waals surface area contributed by atoms with Gasteiger partial charge in [-0.15, -0.1) is 12.4 Å². The molecule has 0 aliphatic carbocycles. The first kappa shape index (κ1) is 16.3. The van der Waals surface area contributed by atoms with E-state index in [9.17, 15) is 0 Å². The van der Waals surface area contributed by atoms with Gasteiger partial charge in [0.1, 0.15) is 17.3 Å². The van der Waals surface area contributed by atoms with Gasteiger partial charge < -0.3 is 13.7 Å². The fourth-order valence-corrected chi connectivity index (χ4v) is 3.07. The van der Waals surface area contributed by atoms with E-state index in [0.29, 0.717) is 11.5 Å². The number of fused-ring (bicyclic) bond motifs is 2. The molecule has 4 rings (SSSR count). The lowest BCUT2D eigenvalue weighted by molar-refractivity contribution is 0.415. The maximum absolute atomic E-state index is 5.68. The van der Waals surface area contributed by atoms with Gasteiger partial charge in [0.25, 0.3) is 0 Å². The summed E-state index contributed by atoms with van der Waals surface area (Å²) in [7, 11) is 1.68. The number of aryl methyl sites for hydroxylation is 3. The standard InChI is InChI=1S/C18H17N3O2.ClH/c1-10-7-14(22-4)9-13-5-6-21(16(10)13)17-15-8-11(2)23-18(15)20-12(3)19-17;/h5-9H,1-4H3;1H. The highest BCUT2D eigenvalue weighted by atomic mass is 35.5. The SMILES string of the molecule is COc1cc(C)c2c(ccn2-c2nc(C)nc3oc(C)cc23)c1.Cl. The fraction of sp³-hybridized carbons (Fsp3) is 0.222. The van der Waals surface area contributed by atoms with Gasteiger partial charge in [-0.05, 0) is 50.6 Å². The first-order valence-corrected chi connectivity index (χ1v) is 7.47. The summed E-state index contributed by atoms with van der Waals surface area (Å²) in [5, 5.41) is 2.03. The molecule has 3 heterocycles. The molecule has 6 heteroatoms. The Balaban J connectivity index is 0.00000169. The third-order valence-electron chi connectivity index (χ3n) is 4.02. The quantitative estimate of drug-likeness (QED) is 0.537. The zero-order valence-corrected chi connectivity index (χ0v) is 14.8. The number of methoxy groups -OCH3 is 1. The second kappa shape index (κ2) is 5.83. The lowest BCUT2D eigenvalue weighted by atomic mass is 10.1. The normalized spacial score (nSPS) is 11.0. The first-order chi connectivity index (χ1) is 11.1. The van der Waals surface area contributed by atoms with Crippen molar-refractivity contribution in [3.8, 4) is 11.6 Å². The number of aromatic nitrogens is 3. The monoisotopic (exact) mass is 343 g/mol. The number of rotatable bonds is 2. The molecule has 24 heavy (non-hydrogen) atoms. The van der Waals surface area contributed by atoms with E-state index >= 15 is 0 Å². The van der Waals surface area contributed by atoms with Crippen molar-refractivity contribution in [1.29, 1.82) is 0 Å². The van der Waals surface area contributed by atoms with Crippen LogP contribution in [0.3, 0.4) is 0 Å². The van der Waals surface area contributed by atoms with Crippen LogP contribution in [0.25, 0.3) is 27.8 Å². The Morgan fingerprint density at radius 3 is 2.62 bits per heavy atom. The Bertz CT molecular complexity index is 1050. The van der Waals surface area contributed by atoms with Crippen molar-refractivity contribution < 1.29 is 9.15 Å². The molecule has 0 bridgehead atoms. The van der Waals surface area contributed by atoms with Crippen molar-refractivity contribution >= 4 is 34.4 Å². The number of hydrogen-bond donors (Lipinski definition) is 0. The molecule has 0 radical (unpaired) electrons. The van der Waals surface area contributed by atoms with Crippen LogP contribution in [0.1, 0.15) is 17.1 Å². The van der Waals surface area contributed by atoms with Crippen molar-refractivity contribution in [2.24, 2.45) is 0 Å². The Hall–Kier alpha value is -2.53. The van der Waals surface area contributed by atoms with E-state index in [2.05, 4.69) is 27.5 Å². The van der Waals surface area contributed by atoms with Gasteiger partial charge in [-0.3, -0.25) is 0 Å². The molecule has 1 aromatic carbocycles. The van der Waals surface area contributed by atoms with Crippen LogP contribution in [-0.2, 0) is 0 Å². The summed E-state index contributed by atoms with van der Waals surface area (Å²) in [6.45, 7) is 5.88. The summed E-state index contributed by atoms with van der Waals surface area (Å²) in [5.41, 5.74) is 2.87. The summed E-state index contributed by atoms with van der Waals surface area (Å²) >= 11 is 0. The summed E-state index contributed by atoms with van der Waals surface area (Å²) in [6.07, 6.45) is 2.03. The largest absolute Gasteiger partial charge is 0.497 e. The Morgan fingerprint density at radius 2 is 1.88 bits per heavy atom. The molecule has 0 unspecified atom stereocenters. The highest BCUT2D eigenvalue weighted by Gasteiger charge is 2.15. The predicted molar refractivity (Wildman–Crippen MR) is 96.6 cm³/mol. The van der Waals surface area contributed by atoms with E-state index in [1.54, 1.807) is 7.11 Å². The molecule has 0 saturated carbocycles. The zero-order valence-electron chi connectivity index (χ0n) is 14.0. The number of ether oxygens (including phenoxy) is 1. The molecule has 0 saturated heterocycles. The van der Waals surface area contributed by atoms with Crippen molar-refractivity contribution in [3.05, 3.63) is 47.6 Å². The molecule has 0 amide bonds. The van der Waals surface area contributed by atoms with Gasteiger partial charge in [-0.2, -0.15) is 4.98 Å². The van der Waals surface area contributed by atoms with E-state index in [-0.39, 0.29) is 12.4 Å². The number of hydrogen-bond acceptors (Lipinski definition) is 4. The molecule has 4 aromatic rings. The summed E-state index contributed by atoms with van der Waals surface area (Å²) in [5.74, 6) is 3.22. The van der Waals surface area contributed by atoms with E-state index in [1.807, 2.05) is 38.2 Å². The molecule has 0 aliphatic heterocycles. The maximum atomic E-state index is 5.68. The van der Waals surface area contributed by atoms with Gasteiger partial charge in [0, 0.05) is 11.6 Å². The first-order valence-electron chi connectivity index (χ1n) is 7.47. The number of halogens is 1. The van der Waals surface area contributed by atoms with Gasteiger partial charge in [0.15, 0.2) is 5.82 Å². The van der Waals surface area contributed by atoms with Crippen LogP contribution in [0.5, 0.6) is 5.75 Å². The molecule has 124 valence electrons. The van der Waals surface area contributed by atoms with Crippen LogP contribution in [0.2, 0.25) is 0 Å². The third kappa shape index (κ3) is 2.41. The Morgan fingerprint density at radius 1 is 1.08 bits per heavy atom. The third-order valence-corrected chi connectivity index (χ3v) is 4.02. The lowest BCUT2D eigenvalue weighted by Crippen LogP contribution is -2.01. The van der Waals surface area contributed by atoms with Crippen LogP contribution >= 0.6 is 12.4 Å². The molecule has 0 N–H and O–H groups in total. The van der Waals surface area contributed by atoms with Gasteiger partial charge in [-0.1, -0.05) is 0 Å². The molecule has 0 atom stereocenters. The average Bonchev–Trinajstić information content (AvgIpc) is 3.09. The van der Waals surface area contributed by atoms with Crippen molar-refractivity contribution in [3.63, 3.8) is 0 Å². The van der Waals surface area contributed by atoms with Crippen LogP contribution in [0.15, 0.2) is 34.9 Å². The van der Waals surface area contributed by atoms with Crippen molar-refractivity contribution in [1.82, 2.24) is 14.5 Å². The van der Waals surface area contributed by atoms with Crippen LogP contribution < -0.4 is 4.74 Å². The summed E-state index contributed by atoms with van der Waals surface area (Å²) in [4.78, 5) is 9.04. The van der Waals surface area contributed by atoms with E-state index < -0.39 is 0 Å². The van der Waals surface area contributed by atoms with Gasteiger partial charge in [0.2, 0.25) is 5.71 Å². The summed E-state index contributed by atoms with van der Waals surface area (Å²) < 4.78 is 13.1. The minimum absolute atomic E-state index is 0. The van der Waals surface area contributed by atoms with E-state index in [1.165, 1.54) is 0 Å². The second-order valence-corrected chi connectivity index (χ2v) is 5.74. The number of furan rings is 1. The molecular weight excluding hydrogens is 326 g/mol. The van der Waals surface area contributed by atoms with Crippen LogP contribution in [0.4, 0.5) is 0 Å². The topological polar surface area (TPSA) is 53.1 Å².